The van der Waals surface area contributed by atoms with Crippen molar-refractivity contribution in [2.75, 3.05) is 0 Å². The lowest BCUT2D eigenvalue weighted by Gasteiger charge is -2.38. The highest BCUT2D eigenvalue weighted by Crippen LogP contribution is 2.45. The van der Waals surface area contributed by atoms with E-state index in [1.807, 2.05) is 0 Å². The topological polar surface area (TPSA) is 46.0 Å². The van der Waals surface area contributed by atoms with Crippen LogP contribution >= 0.6 is 11.5 Å². The number of nitrogens with zero attached hydrogens (tertiary/aromatic N) is 2. The molecule has 2 rings (SSSR count). The normalized spacial score (nSPS) is 29.6. The van der Waals surface area contributed by atoms with Gasteiger partial charge in [-0.25, -0.2) is 0 Å². The Kier molecular flexibility index (Phi) is 2.01. The summed E-state index contributed by atoms with van der Waals surface area (Å²) in [5.41, 5.74) is 0.0605. The van der Waals surface area contributed by atoms with E-state index in [2.05, 4.69) is 30.0 Å². The zero-order chi connectivity index (χ0) is 10.4. The number of hydrogen-bond donors (Lipinski definition) is 1. The Morgan fingerprint density at radius 2 is 2.29 bits per heavy atom. The highest BCUT2D eigenvalue weighted by molar-refractivity contribution is 7.05. The van der Waals surface area contributed by atoms with Crippen molar-refractivity contribution in [1.29, 1.82) is 0 Å². The van der Waals surface area contributed by atoms with Crippen LogP contribution in [0.5, 0.6) is 0 Å². The number of aliphatic hydroxyl groups is 1. The Balaban J connectivity index is 2.53. The number of fused-ring (bicyclic) bond motifs is 1. The first kappa shape index (κ1) is 9.80. The van der Waals surface area contributed by atoms with Crippen LogP contribution in [-0.4, -0.2) is 14.7 Å². The Morgan fingerprint density at radius 1 is 1.57 bits per heavy atom. The first-order valence-corrected chi connectivity index (χ1v) is 5.42. The molecule has 1 aromatic heterocycles. The maximum Gasteiger partial charge on any atom is 0.121 e. The third-order valence-corrected chi connectivity index (χ3v) is 3.62. The first-order valence-electron chi connectivity index (χ1n) is 4.65. The molecule has 1 aliphatic rings. The van der Waals surface area contributed by atoms with E-state index in [0.717, 1.165) is 17.0 Å². The second-order valence-electron chi connectivity index (χ2n) is 4.69. The third kappa shape index (κ3) is 1.38. The Labute approximate surface area is 87.6 Å². The predicted octanol–water partition coefficient (Wildman–Crippen LogP) is 1.88. The average Bonchev–Trinajstić information content (AvgIpc) is 2.50. The van der Waals surface area contributed by atoms with Gasteiger partial charge in [0.15, 0.2) is 0 Å². The van der Waals surface area contributed by atoms with Crippen molar-refractivity contribution >= 4 is 11.5 Å². The molecule has 0 radical (unpaired) electrons. The van der Waals surface area contributed by atoms with Gasteiger partial charge in [-0.05, 0) is 29.8 Å². The van der Waals surface area contributed by atoms with Gasteiger partial charge in [0.2, 0.25) is 0 Å². The molecule has 0 fully saturated rings. The maximum absolute atomic E-state index is 10.4. The summed E-state index contributed by atoms with van der Waals surface area (Å²) in [6.45, 7) is 7.96. The summed E-state index contributed by atoms with van der Waals surface area (Å²) in [5, 5.41) is 14.4. The van der Waals surface area contributed by atoms with Crippen molar-refractivity contribution in [2.24, 2.45) is 5.41 Å². The molecule has 0 amide bonds. The molecule has 0 aromatic carbocycles. The minimum Gasteiger partial charge on any atom is -0.380 e. The fraction of sp³-hybridized carbons (Fsp3) is 0.600. The van der Waals surface area contributed by atoms with Crippen LogP contribution in [0.3, 0.4) is 0 Å². The highest BCUT2D eigenvalue weighted by Gasteiger charge is 2.42. The number of hydrogen-bond acceptors (Lipinski definition) is 4. The van der Waals surface area contributed by atoms with E-state index in [1.54, 1.807) is 6.08 Å². The lowest BCUT2D eigenvalue weighted by atomic mass is 9.71. The molecule has 76 valence electrons. The van der Waals surface area contributed by atoms with Crippen molar-refractivity contribution in [1.82, 2.24) is 9.59 Å². The zero-order valence-electron chi connectivity index (χ0n) is 8.45. The zero-order valence-corrected chi connectivity index (χ0v) is 9.27. The van der Waals surface area contributed by atoms with E-state index in [-0.39, 0.29) is 5.41 Å². The quantitative estimate of drug-likeness (QED) is 0.720. The molecule has 1 aromatic rings. The minimum absolute atomic E-state index is 0.0612. The van der Waals surface area contributed by atoms with Crippen molar-refractivity contribution in [2.45, 2.75) is 32.3 Å². The van der Waals surface area contributed by atoms with Crippen LogP contribution in [-0.2, 0) is 12.0 Å². The Hall–Kier alpha value is -0.740. The summed E-state index contributed by atoms with van der Waals surface area (Å²) in [6.07, 6.45) is 3.18. The van der Waals surface area contributed by atoms with Crippen molar-refractivity contribution < 1.29 is 5.11 Å². The molecule has 3 nitrogen and oxygen atoms in total. The van der Waals surface area contributed by atoms with E-state index in [9.17, 15) is 5.11 Å². The smallest absolute Gasteiger partial charge is 0.121 e. The highest BCUT2D eigenvalue weighted by atomic mass is 32.1. The lowest BCUT2D eigenvalue weighted by Crippen LogP contribution is -2.36. The van der Waals surface area contributed by atoms with E-state index in [0.29, 0.717) is 6.42 Å². The van der Waals surface area contributed by atoms with Crippen LogP contribution in [0.1, 0.15) is 30.8 Å². The lowest BCUT2D eigenvalue weighted by molar-refractivity contribution is 0.0291. The number of aromatic nitrogens is 2. The van der Waals surface area contributed by atoms with Gasteiger partial charge in [-0.2, -0.15) is 0 Å². The molecule has 1 heterocycles. The average molecular weight is 210 g/mol. The molecule has 0 saturated heterocycles. The van der Waals surface area contributed by atoms with Gasteiger partial charge in [0.05, 0.1) is 10.6 Å². The monoisotopic (exact) mass is 210 g/mol. The van der Waals surface area contributed by atoms with Crippen LogP contribution in [0.25, 0.3) is 0 Å². The molecular weight excluding hydrogens is 196 g/mol. The molecule has 0 aliphatic heterocycles. The second-order valence-corrected chi connectivity index (χ2v) is 5.45. The molecule has 0 saturated carbocycles. The molecule has 1 aliphatic carbocycles. The SMILES string of the molecule is C=CC1(O)CC(C)(C)Cc2nnsc21. The fourth-order valence-corrected chi connectivity index (χ4v) is 2.90. The van der Waals surface area contributed by atoms with E-state index < -0.39 is 5.60 Å². The molecule has 1 atom stereocenters. The molecular formula is C10H14N2OS. The van der Waals surface area contributed by atoms with Gasteiger partial charge in [-0.1, -0.05) is 31.0 Å². The molecule has 0 bridgehead atoms. The van der Waals surface area contributed by atoms with Crippen molar-refractivity contribution in [3.63, 3.8) is 0 Å². The summed E-state index contributed by atoms with van der Waals surface area (Å²) >= 11 is 1.28. The van der Waals surface area contributed by atoms with Crippen LogP contribution in [0.4, 0.5) is 0 Å². The van der Waals surface area contributed by atoms with Crippen molar-refractivity contribution in [3.8, 4) is 0 Å². The summed E-state index contributed by atoms with van der Waals surface area (Å²) < 4.78 is 3.90. The standard InChI is InChI=1S/C10H14N2OS/c1-4-10(13)6-9(2,3)5-7-8(10)14-12-11-7/h4,13H,1,5-6H2,2-3H3. The summed E-state index contributed by atoms with van der Waals surface area (Å²) in [6, 6.07) is 0. The Morgan fingerprint density at radius 3 is 2.93 bits per heavy atom. The van der Waals surface area contributed by atoms with Gasteiger partial charge in [-0.3, -0.25) is 0 Å². The largest absolute Gasteiger partial charge is 0.380 e. The second kappa shape index (κ2) is 2.87. The summed E-state index contributed by atoms with van der Waals surface area (Å²) in [5.74, 6) is 0. The molecule has 1 unspecified atom stereocenters. The van der Waals surface area contributed by atoms with Gasteiger partial charge < -0.3 is 5.11 Å². The molecule has 1 N–H and O–H groups in total. The molecule has 0 spiro atoms. The Bertz CT molecular complexity index is 372. The molecule has 14 heavy (non-hydrogen) atoms. The van der Waals surface area contributed by atoms with Gasteiger partial charge in [0.25, 0.3) is 0 Å². The minimum atomic E-state index is -0.925. The van der Waals surface area contributed by atoms with E-state index in [4.69, 9.17) is 0 Å². The van der Waals surface area contributed by atoms with Gasteiger partial charge in [0.1, 0.15) is 5.60 Å². The predicted molar refractivity (Wildman–Crippen MR) is 56.1 cm³/mol. The van der Waals surface area contributed by atoms with Gasteiger partial charge >= 0.3 is 0 Å². The molecule has 4 heteroatoms. The van der Waals surface area contributed by atoms with E-state index in [1.165, 1.54) is 11.5 Å². The number of rotatable bonds is 1. The fourth-order valence-electron chi connectivity index (χ4n) is 2.14. The van der Waals surface area contributed by atoms with Crippen LogP contribution in [0.2, 0.25) is 0 Å². The van der Waals surface area contributed by atoms with Crippen LogP contribution < -0.4 is 0 Å². The van der Waals surface area contributed by atoms with Gasteiger partial charge in [0, 0.05) is 0 Å². The summed E-state index contributed by atoms with van der Waals surface area (Å²) in [4.78, 5) is 0.867. The van der Waals surface area contributed by atoms with Crippen molar-refractivity contribution in [3.05, 3.63) is 23.2 Å². The maximum atomic E-state index is 10.4. The summed E-state index contributed by atoms with van der Waals surface area (Å²) in [7, 11) is 0. The third-order valence-electron chi connectivity index (χ3n) is 2.68. The van der Waals surface area contributed by atoms with Crippen LogP contribution in [0.15, 0.2) is 12.7 Å². The van der Waals surface area contributed by atoms with Crippen LogP contribution in [0, 0.1) is 5.41 Å². The van der Waals surface area contributed by atoms with E-state index >= 15 is 0 Å². The van der Waals surface area contributed by atoms with Gasteiger partial charge in [-0.15, -0.1) is 5.10 Å². The first-order chi connectivity index (χ1) is 6.47.